The predicted molar refractivity (Wildman–Crippen MR) is 81.0 cm³/mol. The fraction of sp³-hybridized carbons (Fsp3) is 0.895. The summed E-state index contributed by atoms with van der Waals surface area (Å²) in [5, 5.41) is 10.9. The topological polar surface area (TPSA) is 54.4 Å². The average Bonchev–Trinajstić information content (AvgIpc) is 2.89. The Balaban J connectivity index is 1.53. The van der Waals surface area contributed by atoms with E-state index in [0.717, 1.165) is 44.9 Å². The molecule has 7 atom stereocenters. The molecule has 0 aromatic rings. The van der Waals surface area contributed by atoms with Crippen LogP contribution in [0.15, 0.2) is 0 Å². The number of carbonyl (C=O) groups is 2. The van der Waals surface area contributed by atoms with Crippen LogP contribution in [-0.2, 0) is 9.59 Å². The summed E-state index contributed by atoms with van der Waals surface area (Å²) in [6.45, 7) is 2.20. The Morgan fingerprint density at radius 2 is 1.82 bits per heavy atom. The number of carbonyl (C=O) groups excluding carboxylic acids is 2. The lowest BCUT2D eigenvalue weighted by Crippen LogP contribution is -2.49. The molecule has 0 spiro atoms. The van der Waals surface area contributed by atoms with Crippen LogP contribution in [0.25, 0.3) is 0 Å². The molecule has 0 aliphatic heterocycles. The van der Waals surface area contributed by atoms with E-state index in [1.165, 1.54) is 0 Å². The average molecular weight is 302 g/mol. The highest BCUT2D eigenvalue weighted by atomic mass is 16.3. The lowest BCUT2D eigenvalue weighted by molar-refractivity contribution is -0.134. The van der Waals surface area contributed by atoms with E-state index in [0.29, 0.717) is 42.2 Å². The third kappa shape index (κ3) is 1.24. The largest absolute Gasteiger partial charge is 0.392 e. The van der Waals surface area contributed by atoms with Crippen molar-refractivity contribution in [2.45, 2.75) is 70.8 Å². The van der Waals surface area contributed by atoms with Gasteiger partial charge in [0, 0.05) is 35.5 Å². The zero-order valence-electron chi connectivity index (χ0n) is 13.4. The molecule has 1 N–H and O–H groups in total. The standard InChI is InChI=1S/C19H26O3/c1-17-7-6-14-12(13(17)2-3-15(17)21)5-8-18-10-11(20)4-9-19(14,18)16(18)22/h12-14,16,22H,2-10H2,1H3/t12-,13-,14-,16-,17-,18+,19+/m0/s1. The molecular weight excluding hydrogens is 276 g/mol. The van der Waals surface area contributed by atoms with Crippen LogP contribution in [0.4, 0.5) is 0 Å². The summed E-state index contributed by atoms with van der Waals surface area (Å²) >= 11 is 0. The first-order valence-corrected chi connectivity index (χ1v) is 9.19. The van der Waals surface area contributed by atoms with E-state index in [1.54, 1.807) is 0 Å². The highest BCUT2D eigenvalue weighted by Gasteiger charge is 2.82. The van der Waals surface area contributed by atoms with Gasteiger partial charge in [0.15, 0.2) is 0 Å². The molecule has 0 aromatic carbocycles. The van der Waals surface area contributed by atoms with Crippen LogP contribution in [0.5, 0.6) is 0 Å². The minimum absolute atomic E-state index is 0.0385. The molecule has 0 unspecified atom stereocenters. The molecule has 3 nitrogen and oxygen atoms in total. The van der Waals surface area contributed by atoms with Crippen molar-refractivity contribution in [3.05, 3.63) is 0 Å². The quantitative estimate of drug-likeness (QED) is 0.748. The third-order valence-electron chi connectivity index (χ3n) is 8.92. The molecule has 22 heavy (non-hydrogen) atoms. The fourth-order valence-electron chi connectivity index (χ4n) is 7.84. The smallest absolute Gasteiger partial charge is 0.139 e. The van der Waals surface area contributed by atoms with E-state index in [1.807, 2.05) is 0 Å². The SMILES string of the molecule is C[C@]12CC[C@H]3[C@@H](CC[C@]45CC(=O)CC[C@]34[C@H]5O)[C@@H]1CCC2=O. The van der Waals surface area contributed by atoms with E-state index in [9.17, 15) is 14.7 Å². The second kappa shape index (κ2) is 3.85. The van der Waals surface area contributed by atoms with Crippen molar-refractivity contribution in [3.8, 4) is 0 Å². The first-order chi connectivity index (χ1) is 10.5. The minimum atomic E-state index is -0.247. The molecule has 0 bridgehead atoms. The number of aliphatic hydroxyl groups excluding tert-OH is 1. The van der Waals surface area contributed by atoms with Crippen LogP contribution >= 0.6 is 0 Å². The molecule has 5 rings (SSSR count). The molecular formula is C19H26O3. The molecule has 0 radical (unpaired) electrons. The summed E-state index contributed by atoms with van der Waals surface area (Å²) in [4.78, 5) is 24.4. The van der Waals surface area contributed by atoms with Gasteiger partial charge in [-0.15, -0.1) is 0 Å². The Kier molecular flexibility index (Phi) is 2.40. The molecule has 3 heteroatoms. The third-order valence-corrected chi connectivity index (χ3v) is 8.92. The normalized spacial score (nSPS) is 59.4. The Morgan fingerprint density at radius 1 is 1.00 bits per heavy atom. The maximum atomic E-state index is 12.4. The van der Waals surface area contributed by atoms with E-state index >= 15 is 0 Å². The van der Waals surface area contributed by atoms with Crippen LogP contribution in [0.3, 0.4) is 0 Å². The second-order valence-electron chi connectivity index (χ2n) is 9.15. The maximum absolute atomic E-state index is 12.4. The zero-order chi connectivity index (χ0) is 15.3. The highest BCUT2D eigenvalue weighted by molar-refractivity contribution is 5.87. The predicted octanol–water partition coefficient (Wildman–Crippen LogP) is 2.89. The van der Waals surface area contributed by atoms with Gasteiger partial charge in [-0.2, -0.15) is 0 Å². The second-order valence-corrected chi connectivity index (χ2v) is 9.15. The summed E-state index contributed by atoms with van der Waals surface area (Å²) in [7, 11) is 0. The number of ketones is 2. The molecule has 5 fully saturated rings. The number of rotatable bonds is 0. The van der Waals surface area contributed by atoms with E-state index in [4.69, 9.17) is 0 Å². The van der Waals surface area contributed by atoms with Gasteiger partial charge in [-0.3, -0.25) is 9.59 Å². The van der Waals surface area contributed by atoms with E-state index in [2.05, 4.69) is 6.92 Å². The first-order valence-electron chi connectivity index (χ1n) is 9.19. The van der Waals surface area contributed by atoms with Crippen molar-refractivity contribution >= 4 is 11.6 Å². The van der Waals surface area contributed by atoms with Gasteiger partial charge in [-0.05, 0) is 56.3 Å². The molecule has 0 heterocycles. The molecule has 5 saturated carbocycles. The van der Waals surface area contributed by atoms with Crippen molar-refractivity contribution in [3.63, 3.8) is 0 Å². The highest BCUT2D eigenvalue weighted by Crippen LogP contribution is 2.82. The monoisotopic (exact) mass is 302 g/mol. The van der Waals surface area contributed by atoms with Gasteiger partial charge in [0.1, 0.15) is 11.6 Å². The molecule has 0 amide bonds. The number of Topliss-reactive ketones (excluding diaryl/α,β-unsaturated/α-hetero) is 2. The van der Waals surface area contributed by atoms with Gasteiger partial charge < -0.3 is 5.11 Å². The molecule has 0 saturated heterocycles. The van der Waals surface area contributed by atoms with Crippen LogP contribution in [0.2, 0.25) is 0 Å². The summed E-state index contributed by atoms with van der Waals surface area (Å²) in [6, 6.07) is 0. The molecule has 5 aliphatic carbocycles. The van der Waals surface area contributed by atoms with Crippen LogP contribution < -0.4 is 0 Å². The summed E-state index contributed by atoms with van der Waals surface area (Å²) in [6.07, 6.45) is 8.03. The lowest BCUT2D eigenvalue weighted by atomic mass is 9.50. The zero-order valence-corrected chi connectivity index (χ0v) is 13.4. The van der Waals surface area contributed by atoms with Gasteiger partial charge in [0.2, 0.25) is 0 Å². The van der Waals surface area contributed by atoms with Crippen molar-refractivity contribution in [1.29, 1.82) is 0 Å². The maximum Gasteiger partial charge on any atom is 0.139 e. The Hall–Kier alpha value is -0.700. The van der Waals surface area contributed by atoms with Gasteiger partial charge in [0.25, 0.3) is 0 Å². The molecule has 120 valence electrons. The van der Waals surface area contributed by atoms with Crippen LogP contribution in [-0.4, -0.2) is 22.8 Å². The minimum Gasteiger partial charge on any atom is -0.392 e. The van der Waals surface area contributed by atoms with Gasteiger partial charge in [0.05, 0.1) is 6.10 Å². The summed E-state index contributed by atoms with van der Waals surface area (Å²) in [5.74, 6) is 2.57. The summed E-state index contributed by atoms with van der Waals surface area (Å²) in [5.41, 5.74) is -0.112. The van der Waals surface area contributed by atoms with Crippen molar-refractivity contribution in [1.82, 2.24) is 0 Å². The Labute approximate surface area is 131 Å². The Morgan fingerprint density at radius 3 is 2.64 bits per heavy atom. The van der Waals surface area contributed by atoms with Crippen LogP contribution in [0.1, 0.15) is 64.7 Å². The number of aliphatic hydroxyl groups is 1. The van der Waals surface area contributed by atoms with Gasteiger partial charge >= 0.3 is 0 Å². The van der Waals surface area contributed by atoms with E-state index in [-0.39, 0.29) is 22.3 Å². The van der Waals surface area contributed by atoms with Crippen molar-refractivity contribution in [2.24, 2.45) is 34.0 Å². The molecule has 0 aromatic heterocycles. The number of hydrogen-bond acceptors (Lipinski definition) is 3. The number of hydrogen-bond donors (Lipinski definition) is 1. The van der Waals surface area contributed by atoms with Crippen LogP contribution in [0, 0.1) is 34.0 Å². The van der Waals surface area contributed by atoms with Gasteiger partial charge in [-0.1, -0.05) is 6.92 Å². The summed E-state index contributed by atoms with van der Waals surface area (Å²) < 4.78 is 0. The van der Waals surface area contributed by atoms with Crippen molar-refractivity contribution < 1.29 is 14.7 Å². The first kappa shape index (κ1) is 13.7. The lowest BCUT2D eigenvalue weighted by Gasteiger charge is -2.53. The van der Waals surface area contributed by atoms with Crippen molar-refractivity contribution in [2.75, 3.05) is 0 Å². The fourth-order valence-corrected chi connectivity index (χ4v) is 7.84. The van der Waals surface area contributed by atoms with E-state index < -0.39 is 0 Å². The Bertz CT molecular complexity index is 583. The van der Waals surface area contributed by atoms with Gasteiger partial charge in [-0.25, -0.2) is 0 Å². The number of fused-ring (bicyclic) bond motifs is 3. The molecule has 5 aliphatic rings.